The Morgan fingerprint density at radius 2 is 1.89 bits per heavy atom. The highest BCUT2D eigenvalue weighted by Gasteiger charge is 2.04. The van der Waals surface area contributed by atoms with Crippen LogP contribution in [0.5, 0.6) is 5.75 Å². The van der Waals surface area contributed by atoms with Crippen LogP contribution in [0.3, 0.4) is 0 Å². The Balaban J connectivity index is 2.16. The molecule has 19 heavy (non-hydrogen) atoms. The molecule has 2 N–H and O–H groups in total. The van der Waals surface area contributed by atoms with Crippen LogP contribution in [0.4, 0.5) is 4.39 Å². The number of halogens is 1. The molecule has 0 radical (unpaired) electrons. The molecule has 0 saturated heterocycles. The summed E-state index contributed by atoms with van der Waals surface area (Å²) < 4.78 is 40.0. The first-order valence-electron chi connectivity index (χ1n) is 6.28. The Morgan fingerprint density at radius 3 is 2.58 bits per heavy atom. The molecule has 0 aliphatic carbocycles. The molecule has 6 heteroatoms. The van der Waals surface area contributed by atoms with Crippen LogP contribution < -0.4 is 9.88 Å². The predicted octanol–water partition coefficient (Wildman–Crippen LogP) is 2.36. The van der Waals surface area contributed by atoms with Crippen molar-refractivity contribution in [3.8, 4) is 5.75 Å². The van der Waals surface area contributed by atoms with Gasteiger partial charge in [0, 0.05) is 0 Å². The van der Waals surface area contributed by atoms with Crippen molar-refractivity contribution in [1.29, 1.82) is 0 Å². The average Bonchev–Trinajstić information content (AvgIpc) is 2.31. The summed E-state index contributed by atoms with van der Waals surface area (Å²) in [5.41, 5.74) is 0.949. The minimum atomic E-state index is -3.35. The number of primary sulfonamides is 1. The van der Waals surface area contributed by atoms with E-state index in [9.17, 15) is 12.8 Å². The minimum Gasteiger partial charge on any atom is -0.491 e. The lowest BCUT2D eigenvalue weighted by atomic mass is 10.2. The Hall–Kier alpha value is -1.14. The lowest BCUT2D eigenvalue weighted by Crippen LogP contribution is -2.16. The summed E-state index contributed by atoms with van der Waals surface area (Å²) in [5.74, 6) is -0.0789. The molecule has 0 unspecified atom stereocenters. The fourth-order valence-corrected chi connectivity index (χ4v) is 2.27. The molecular weight excluding hydrogens is 269 g/mol. The maximum absolute atomic E-state index is 13.3. The highest BCUT2D eigenvalue weighted by atomic mass is 32.2. The largest absolute Gasteiger partial charge is 0.491 e. The summed E-state index contributed by atoms with van der Waals surface area (Å²) >= 11 is 0. The normalized spacial score (nSPS) is 11.5. The second-order valence-corrected chi connectivity index (χ2v) is 6.30. The van der Waals surface area contributed by atoms with E-state index in [-0.39, 0.29) is 17.3 Å². The van der Waals surface area contributed by atoms with Crippen molar-refractivity contribution < 1.29 is 17.5 Å². The third kappa shape index (κ3) is 7.12. The zero-order chi connectivity index (χ0) is 14.3. The van der Waals surface area contributed by atoms with Crippen LogP contribution in [0.1, 0.15) is 31.2 Å². The molecule has 108 valence electrons. The molecule has 0 atom stereocenters. The highest BCUT2D eigenvalue weighted by molar-refractivity contribution is 7.89. The third-order valence-corrected chi connectivity index (χ3v) is 3.53. The van der Waals surface area contributed by atoms with Gasteiger partial charge in [-0.05, 0) is 37.5 Å². The maximum Gasteiger partial charge on any atom is 0.209 e. The van der Waals surface area contributed by atoms with Crippen molar-refractivity contribution >= 4 is 10.0 Å². The number of benzene rings is 1. The lowest BCUT2D eigenvalue weighted by Gasteiger charge is -2.07. The second-order valence-electron chi connectivity index (χ2n) is 4.56. The number of aryl methyl sites for hydroxylation is 1. The molecule has 0 spiro atoms. The first kappa shape index (κ1) is 15.9. The van der Waals surface area contributed by atoms with Gasteiger partial charge in [-0.3, -0.25) is 0 Å². The molecule has 1 aromatic rings. The molecule has 0 bridgehead atoms. The van der Waals surface area contributed by atoms with Gasteiger partial charge in [0.1, 0.15) is 0 Å². The first-order chi connectivity index (χ1) is 8.88. The van der Waals surface area contributed by atoms with Gasteiger partial charge >= 0.3 is 0 Å². The maximum atomic E-state index is 13.3. The zero-order valence-corrected chi connectivity index (χ0v) is 11.9. The van der Waals surface area contributed by atoms with Gasteiger partial charge < -0.3 is 4.74 Å². The Morgan fingerprint density at radius 1 is 1.21 bits per heavy atom. The summed E-state index contributed by atoms with van der Waals surface area (Å²) in [6, 6.07) is 4.74. The van der Waals surface area contributed by atoms with E-state index < -0.39 is 10.0 Å². The summed E-state index contributed by atoms with van der Waals surface area (Å²) in [6.07, 6.45) is 2.93. The van der Waals surface area contributed by atoms with Crippen LogP contribution in [0.15, 0.2) is 18.2 Å². The van der Waals surface area contributed by atoms with Crippen molar-refractivity contribution in [2.75, 3.05) is 12.4 Å². The number of hydrogen-bond donors (Lipinski definition) is 1. The van der Waals surface area contributed by atoms with Crippen LogP contribution in [0.25, 0.3) is 0 Å². The van der Waals surface area contributed by atoms with Crippen LogP contribution in [0, 0.1) is 12.7 Å². The van der Waals surface area contributed by atoms with Gasteiger partial charge in [0.15, 0.2) is 11.6 Å². The van der Waals surface area contributed by atoms with Crippen molar-refractivity contribution in [3.63, 3.8) is 0 Å². The van der Waals surface area contributed by atoms with E-state index in [1.807, 2.05) is 6.92 Å². The van der Waals surface area contributed by atoms with E-state index in [0.29, 0.717) is 13.0 Å². The molecular formula is C13H20FNO3S. The number of nitrogens with two attached hydrogens (primary N) is 1. The summed E-state index contributed by atoms with van der Waals surface area (Å²) in [6.45, 7) is 2.30. The van der Waals surface area contributed by atoms with Crippen molar-refractivity contribution in [2.45, 2.75) is 32.6 Å². The molecule has 0 aromatic heterocycles. The van der Waals surface area contributed by atoms with Gasteiger partial charge in [0.05, 0.1) is 12.4 Å². The molecule has 1 rings (SSSR count). The monoisotopic (exact) mass is 289 g/mol. The SMILES string of the molecule is Cc1ccc(F)c(OCCCCCCS(N)(=O)=O)c1. The van der Waals surface area contributed by atoms with Crippen LogP contribution in [-0.2, 0) is 10.0 Å². The second kappa shape index (κ2) is 7.45. The Bertz CT molecular complexity index is 503. The molecule has 0 amide bonds. The fraction of sp³-hybridized carbons (Fsp3) is 0.538. The summed E-state index contributed by atoms with van der Waals surface area (Å²) in [5, 5.41) is 4.89. The molecule has 0 saturated carbocycles. The van der Waals surface area contributed by atoms with Crippen LogP contribution in [0.2, 0.25) is 0 Å². The van der Waals surface area contributed by atoms with E-state index in [1.54, 1.807) is 12.1 Å². The van der Waals surface area contributed by atoms with Gasteiger partial charge in [-0.1, -0.05) is 18.9 Å². The van der Waals surface area contributed by atoms with E-state index in [1.165, 1.54) is 6.07 Å². The van der Waals surface area contributed by atoms with Gasteiger partial charge in [-0.15, -0.1) is 0 Å². The van der Waals surface area contributed by atoms with Gasteiger partial charge in [0.2, 0.25) is 10.0 Å². The van der Waals surface area contributed by atoms with Gasteiger partial charge in [-0.2, -0.15) is 0 Å². The molecule has 0 aliphatic rings. The van der Waals surface area contributed by atoms with E-state index >= 15 is 0 Å². The number of unbranched alkanes of at least 4 members (excludes halogenated alkanes) is 3. The number of sulfonamides is 1. The smallest absolute Gasteiger partial charge is 0.209 e. The number of rotatable bonds is 8. The topological polar surface area (TPSA) is 69.4 Å². The lowest BCUT2D eigenvalue weighted by molar-refractivity contribution is 0.290. The van der Waals surface area contributed by atoms with E-state index in [4.69, 9.17) is 9.88 Å². The van der Waals surface area contributed by atoms with E-state index in [2.05, 4.69) is 0 Å². The average molecular weight is 289 g/mol. The Kier molecular flexibility index (Phi) is 6.24. The van der Waals surface area contributed by atoms with Crippen molar-refractivity contribution in [2.24, 2.45) is 5.14 Å². The third-order valence-electron chi connectivity index (χ3n) is 2.67. The summed E-state index contributed by atoms with van der Waals surface area (Å²) in [4.78, 5) is 0. The first-order valence-corrected chi connectivity index (χ1v) is 7.99. The molecule has 0 heterocycles. The minimum absolute atomic E-state index is 0.0143. The zero-order valence-electron chi connectivity index (χ0n) is 11.1. The van der Waals surface area contributed by atoms with Crippen LogP contribution in [-0.4, -0.2) is 20.8 Å². The van der Waals surface area contributed by atoms with Gasteiger partial charge in [-0.25, -0.2) is 17.9 Å². The molecule has 0 fully saturated rings. The highest BCUT2D eigenvalue weighted by Crippen LogP contribution is 2.18. The number of hydrogen-bond acceptors (Lipinski definition) is 3. The standard InChI is InChI=1S/C13H20FNO3S/c1-11-6-7-12(14)13(10-11)18-8-4-2-3-5-9-19(15,16)17/h6-7,10H,2-5,8-9H2,1H3,(H2,15,16,17). The number of ether oxygens (including phenoxy) is 1. The summed E-state index contributed by atoms with van der Waals surface area (Å²) in [7, 11) is -3.35. The molecule has 0 aliphatic heterocycles. The quantitative estimate of drug-likeness (QED) is 0.747. The van der Waals surface area contributed by atoms with E-state index in [0.717, 1.165) is 24.8 Å². The van der Waals surface area contributed by atoms with Crippen molar-refractivity contribution in [3.05, 3.63) is 29.6 Å². The Labute approximate surface area is 113 Å². The molecule has 4 nitrogen and oxygen atoms in total. The van der Waals surface area contributed by atoms with Crippen molar-refractivity contribution in [1.82, 2.24) is 0 Å². The predicted molar refractivity (Wildman–Crippen MR) is 73.1 cm³/mol. The molecule has 1 aromatic carbocycles. The van der Waals surface area contributed by atoms with Crippen LogP contribution >= 0.6 is 0 Å². The van der Waals surface area contributed by atoms with Gasteiger partial charge in [0.25, 0.3) is 0 Å². The fourth-order valence-electron chi connectivity index (χ4n) is 1.66.